The first-order valence-electron chi connectivity index (χ1n) is 8.27. The van der Waals surface area contributed by atoms with Crippen LogP contribution in [0.1, 0.15) is 18.1 Å². The second-order valence-corrected chi connectivity index (χ2v) is 5.88. The first kappa shape index (κ1) is 18.4. The molecule has 0 saturated carbocycles. The summed E-state index contributed by atoms with van der Waals surface area (Å²) in [5.41, 5.74) is 2.80. The van der Waals surface area contributed by atoms with E-state index in [0.717, 1.165) is 22.6 Å². The molecule has 25 heavy (non-hydrogen) atoms. The molecule has 0 fully saturated rings. The average molecular weight is 336 g/mol. The third kappa shape index (κ3) is 5.29. The van der Waals surface area contributed by atoms with E-state index in [1.807, 2.05) is 74.4 Å². The molecule has 0 aliphatic heterocycles. The topological polar surface area (TPSA) is 32.8 Å². The van der Waals surface area contributed by atoms with E-state index in [9.17, 15) is 4.79 Å². The molecule has 130 valence electrons. The molecule has 0 N–H and O–H groups in total. The van der Waals surface area contributed by atoms with Crippen LogP contribution in [0.5, 0.6) is 5.75 Å². The van der Waals surface area contributed by atoms with Crippen LogP contribution in [-0.2, 0) is 11.3 Å². The van der Waals surface area contributed by atoms with Gasteiger partial charge in [-0.3, -0.25) is 4.79 Å². The van der Waals surface area contributed by atoms with E-state index in [4.69, 9.17) is 11.2 Å². The van der Waals surface area contributed by atoms with Crippen LogP contribution >= 0.6 is 0 Å². The Labute approximate surface area is 150 Å². The minimum absolute atomic E-state index is 0.0440. The van der Waals surface area contributed by atoms with Gasteiger partial charge in [0, 0.05) is 31.9 Å². The molecule has 0 aromatic heterocycles. The molecule has 0 saturated heterocycles. The predicted molar refractivity (Wildman–Crippen MR) is 102 cm³/mol. The Morgan fingerprint density at radius 3 is 2.52 bits per heavy atom. The summed E-state index contributed by atoms with van der Waals surface area (Å²) in [5, 5.41) is 0. The maximum Gasteiger partial charge on any atom is 0.242 e. The van der Waals surface area contributed by atoms with Gasteiger partial charge in [0.15, 0.2) is 0 Å². The monoisotopic (exact) mass is 336 g/mol. The van der Waals surface area contributed by atoms with Gasteiger partial charge < -0.3 is 14.5 Å². The van der Waals surface area contributed by atoms with Gasteiger partial charge in [0.25, 0.3) is 0 Å². The number of nitrogens with zero attached hydrogens (tertiary/aromatic N) is 2. The van der Waals surface area contributed by atoms with Crippen molar-refractivity contribution in [3.8, 4) is 18.1 Å². The molecular formula is C21H24N2O2. The molecule has 0 bridgehead atoms. The fraction of sp³-hybridized carbons (Fsp3) is 0.286. The first-order valence-corrected chi connectivity index (χ1v) is 8.27. The maximum atomic E-state index is 12.5. The fourth-order valence-electron chi connectivity index (χ4n) is 2.47. The van der Waals surface area contributed by atoms with Gasteiger partial charge in [-0.15, -0.1) is 6.42 Å². The summed E-state index contributed by atoms with van der Waals surface area (Å²) in [6.07, 6.45) is 5.43. The number of anilines is 1. The van der Waals surface area contributed by atoms with Crippen LogP contribution in [0.25, 0.3) is 0 Å². The summed E-state index contributed by atoms with van der Waals surface area (Å²) in [6, 6.07) is 15.4. The highest BCUT2D eigenvalue weighted by molar-refractivity contribution is 5.81. The number of terminal acetylenes is 1. The van der Waals surface area contributed by atoms with E-state index in [-0.39, 0.29) is 5.91 Å². The fourth-order valence-corrected chi connectivity index (χ4v) is 2.47. The van der Waals surface area contributed by atoms with E-state index in [1.54, 1.807) is 4.90 Å². The predicted octanol–water partition coefficient (Wildman–Crippen LogP) is 3.16. The molecule has 0 radical (unpaired) electrons. The van der Waals surface area contributed by atoms with E-state index in [1.165, 1.54) is 0 Å². The van der Waals surface area contributed by atoms with Crippen molar-refractivity contribution in [3.05, 3.63) is 59.7 Å². The zero-order valence-corrected chi connectivity index (χ0v) is 15.0. The highest BCUT2D eigenvalue weighted by Gasteiger charge is 2.13. The average Bonchev–Trinajstić information content (AvgIpc) is 2.63. The van der Waals surface area contributed by atoms with Gasteiger partial charge in [-0.2, -0.15) is 0 Å². The second-order valence-electron chi connectivity index (χ2n) is 5.88. The smallest absolute Gasteiger partial charge is 0.242 e. The number of carbonyl (C=O) groups is 1. The van der Waals surface area contributed by atoms with Crippen LogP contribution in [0.3, 0.4) is 0 Å². The van der Waals surface area contributed by atoms with Gasteiger partial charge in [-0.05, 0) is 42.8 Å². The Morgan fingerprint density at radius 2 is 1.88 bits per heavy atom. The Kier molecular flexibility index (Phi) is 6.47. The van der Waals surface area contributed by atoms with Crippen LogP contribution in [0.2, 0.25) is 0 Å². The highest BCUT2D eigenvalue weighted by Crippen LogP contribution is 2.16. The van der Waals surface area contributed by atoms with E-state index >= 15 is 0 Å². The molecule has 0 heterocycles. The van der Waals surface area contributed by atoms with Crippen LogP contribution in [-0.4, -0.2) is 38.1 Å². The van der Waals surface area contributed by atoms with E-state index < -0.39 is 0 Å². The lowest BCUT2D eigenvalue weighted by atomic mass is 10.2. The summed E-state index contributed by atoms with van der Waals surface area (Å²) >= 11 is 0. The summed E-state index contributed by atoms with van der Waals surface area (Å²) in [4.78, 5) is 16.1. The van der Waals surface area contributed by atoms with Crippen molar-refractivity contribution in [1.82, 2.24) is 4.90 Å². The largest absolute Gasteiger partial charge is 0.494 e. The van der Waals surface area contributed by atoms with Crippen molar-refractivity contribution >= 4 is 11.6 Å². The number of rotatable bonds is 7. The van der Waals surface area contributed by atoms with Crippen LogP contribution < -0.4 is 9.64 Å². The highest BCUT2D eigenvalue weighted by atomic mass is 16.5. The summed E-state index contributed by atoms with van der Waals surface area (Å²) in [6.45, 7) is 3.45. The molecule has 4 nitrogen and oxygen atoms in total. The first-order chi connectivity index (χ1) is 12.0. The summed E-state index contributed by atoms with van der Waals surface area (Å²) < 4.78 is 5.43. The molecule has 0 unspecified atom stereocenters. The molecule has 2 aromatic carbocycles. The summed E-state index contributed by atoms with van der Waals surface area (Å²) in [7, 11) is 3.70. The number of carbonyl (C=O) groups excluding carboxylic acids is 1. The minimum Gasteiger partial charge on any atom is -0.494 e. The third-order valence-corrected chi connectivity index (χ3v) is 3.91. The molecule has 2 rings (SSSR count). The molecular weight excluding hydrogens is 312 g/mol. The van der Waals surface area contributed by atoms with Gasteiger partial charge in [0.1, 0.15) is 5.75 Å². The van der Waals surface area contributed by atoms with Crippen molar-refractivity contribution in [1.29, 1.82) is 0 Å². The van der Waals surface area contributed by atoms with Crippen LogP contribution in [0.15, 0.2) is 48.5 Å². The number of amides is 1. The Balaban J connectivity index is 1.94. The van der Waals surface area contributed by atoms with Gasteiger partial charge in [-0.1, -0.05) is 24.1 Å². The van der Waals surface area contributed by atoms with Gasteiger partial charge in [0.2, 0.25) is 5.91 Å². The standard InChI is InChI=1S/C21H24N2O2/c1-5-17-8-7-9-19(14-17)22(3)16-21(24)23(4)15-18-10-12-20(13-11-18)25-6-2/h1,7-14H,6,15-16H2,2-4H3. The van der Waals surface area contributed by atoms with E-state index in [2.05, 4.69) is 5.92 Å². The SMILES string of the molecule is C#Cc1cccc(N(C)CC(=O)N(C)Cc2ccc(OCC)cc2)c1. The lowest BCUT2D eigenvalue weighted by Crippen LogP contribution is -2.36. The zero-order valence-electron chi connectivity index (χ0n) is 15.0. The Hall–Kier alpha value is -2.93. The van der Waals surface area contributed by atoms with E-state index in [0.29, 0.717) is 19.7 Å². The maximum absolute atomic E-state index is 12.5. The third-order valence-electron chi connectivity index (χ3n) is 3.91. The Bertz CT molecular complexity index is 747. The van der Waals surface area contributed by atoms with Crippen molar-refractivity contribution in [2.75, 3.05) is 32.1 Å². The van der Waals surface area contributed by atoms with Crippen molar-refractivity contribution < 1.29 is 9.53 Å². The van der Waals surface area contributed by atoms with Crippen LogP contribution in [0, 0.1) is 12.3 Å². The lowest BCUT2D eigenvalue weighted by molar-refractivity contribution is -0.128. The lowest BCUT2D eigenvalue weighted by Gasteiger charge is -2.23. The normalized spacial score (nSPS) is 10.0. The minimum atomic E-state index is 0.0440. The van der Waals surface area contributed by atoms with Crippen molar-refractivity contribution in [2.45, 2.75) is 13.5 Å². The number of hydrogen-bond acceptors (Lipinski definition) is 3. The molecule has 0 aliphatic carbocycles. The number of ether oxygens (including phenoxy) is 1. The molecule has 2 aromatic rings. The van der Waals surface area contributed by atoms with Crippen molar-refractivity contribution in [2.24, 2.45) is 0 Å². The quantitative estimate of drug-likeness (QED) is 0.728. The van der Waals surface area contributed by atoms with Gasteiger partial charge >= 0.3 is 0 Å². The van der Waals surface area contributed by atoms with Gasteiger partial charge in [0.05, 0.1) is 13.2 Å². The molecule has 1 amide bonds. The Morgan fingerprint density at radius 1 is 1.16 bits per heavy atom. The molecule has 4 heteroatoms. The van der Waals surface area contributed by atoms with Gasteiger partial charge in [-0.25, -0.2) is 0 Å². The number of benzene rings is 2. The molecule has 0 spiro atoms. The molecule has 0 aliphatic rings. The number of likely N-dealkylation sites (N-methyl/N-ethyl adjacent to an activating group) is 2. The van der Waals surface area contributed by atoms with Crippen molar-refractivity contribution in [3.63, 3.8) is 0 Å². The molecule has 0 atom stereocenters. The zero-order chi connectivity index (χ0) is 18.2. The second kappa shape index (κ2) is 8.79. The summed E-state index contributed by atoms with van der Waals surface area (Å²) in [5.74, 6) is 3.50. The van der Waals surface area contributed by atoms with Crippen LogP contribution in [0.4, 0.5) is 5.69 Å². The number of hydrogen-bond donors (Lipinski definition) is 0.